The molecule has 5 aliphatic heterocycles. The number of aryl methyl sites for hydroxylation is 1. The third kappa shape index (κ3) is 7.01. The first-order valence-corrected chi connectivity index (χ1v) is 21.2. The fourth-order valence-corrected chi connectivity index (χ4v) is 9.82. The summed E-state index contributed by atoms with van der Waals surface area (Å²) in [4.78, 5) is 86.0. The van der Waals surface area contributed by atoms with Crippen LogP contribution < -0.4 is 15.5 Å². The lowest BCUT2D eigenvalue weighted by atomic mass is 9.91. The van der Waals surface area contributed by atoms with E-state index in [1.165, 1.54) is 18.2 Å². The van der Waals surface area contributed by atoms with Crippen LogP contribution in [0.4, 0.5) is 26.0 Å². The quantitative estimate of drug-likeness (QED) is 0.197. The van der Waals surface area contributed by atoms with Gasteiger partial charge >= 0.3 is 0 Å². The van der Waals surface area contributed by atoms with Crippen LogP contribution in [-0.2, 0) is 49.8 Å². The molecule has 0 aliphatic carbocycles. The highest BCUT2D eigenvalue weighted by Gasteiger charge is 2.45. The molecular formula is C45H43F2N9O7. The van der Waals surface area contributed by atoms with Gasteiger partial charge in [-0.1, -0.05) is 0 Å². The summed E-state index contributed by atoms with van der Waals surface area (Å²) in [6.45, 7) is 4.13. The summed E-state index contributed by atoms with van der Waals surface area (Å²) in [7, 11) is 0. The maximum absolute atomic E-state index is 15.4. The number of nitrogens with one attached hydrogen (secondary N) is 2. The van der Waals surface area contributed by atoms with Gasteiger partial charge in [0.1, 0.15) is 12.6 Å². The van der Waals surface area contributed by atoms with Gasteiger partial charge in [-0.25, -0.2) is 8.78 Å². The average molecular weight is 860 g/mol. The maximum Gasteiger partial charge on any atom is 0.264 e. The minimum Gasteiger partial charge on any atom is -0.381 e. The van der Waals surface area contributed by atoms with Crippen molar-refractivity contribution in [3.63, 3.8) is 0 Å². The van der Waals surface area contributed by atoms with E-state index in [0.29, 0.717) is 79.2 Å². The van der Waals surface area contributed by atoms with E-state index in [1.54, 1.807) is 47.1 Å². The first-order valence-electron chi connectivity index (χ1n) is 21.2. The molecule has 2 fully saturated rings. The van der Waals surface area contributed by atoms with Crippen LogP contribution in [0.25, 0.3) is 22.0 Å². The monoisotopic (exact) mass is 859 g/mol. The summed E-state index contributed by atoms with van der Waals surface area (Å²) in [6.07, 6.45) is 5.63. The average Bonchev–Trinajstić information content (AvgIpc) is 3.92. The number of rotatable bonds is 8. The molecule has 16 nitrogen and oxygen atoms in total. The minimum atomic E-state index is -2.85. The van der Waals surface area contributed by atoms with Gasteiger partial charge in [0.15, 0.2) is 5.82 Å². The zero-order valence-corrected chi connectivity index (χ0v) is 34.4. The van der Waals surface area contributed by atoms with Gasteiger partial charge in [0.05, 0.1) is 29.2 Å². The Morgan fingerprint density at radius 2 is 1.75 bits per heavy atom. The number of amides is 6. The Labute approximate surface area is 359 Å². The van der Waals surface area contributed by atoms with E-state index in [-0.39, 0.29) is 53.7 Å². The number of carbonyl (C=O) groups excluding carboxylic acids is 6. The van der Waals surface area contributed by atoms with E-state index in [0.717, 1.165) is 41.0 Å². The summed E-state index contributed by atoms with van der Waals surface area (Å²) in [5, 5.41) is 10.7. The largest absolute Gasteiger partial charge is 0.381 e. The number of benzene rings is 2. The summed E-state index contributed by atoms with van der Waals surface area (Å²) >= 11 is 0. The molecule has 8 heterocycles. The van der Waals surface area contributed by atoms with Crippen LogP contribution in [0, 0.1) is 0 Å². The number of halogens is 2. The second-order valence-corrected chi connectivity index (χ2v) is 16.7. The van der Waals surface area contributed by atoms with Gasteiger partial charge in [0.2, 0.25) is 23.6 Å². The van der Waals surface area contributed by atoms with Gasteiger partial charge in [0.25, 0.3) is 18.2 Å². The van der Waals surface area contributed by atoms with Crippen molar-refractivity contribution < 1.29 is 42.3 Å². The normalized spacial score (nSPS) is 19.1. The molecule has 1 atom stereocenters. The maximum atomic E-state index is 15.4. The standard InChI is InChI=1S/C45H43F2N9O7/c1-24(57)52-14-9-36-34(22-52)42(51-56(36)27-10-15-63-16-11-27)54-13-2-3-25-17-29(30(41(46)47)19-38(25)54)33-21-53(35-8-12-48-20-32(33)35)23-40(59)49-26-4-5-28-31(18-26)45(62)55(44(28)61)37-6-7-39(58)50-43(37)60/h4-5,8,12,17-21,27,37,41H,2-3,6-7,9-11,13-16,22-23H2,1H3,(H,49,59)(H,50,58,60). The van der Waals surface area contributed by atoms with E-state index < -0.39 is 42.0 Å². The lowest BCUT2D eigenvalue weighted by Gasteiger charge is -2.33. The molecule has 6 amide bonds. The van der Waals surface area contributed by atoms with Crippen molar-refractivity contribution in [1.82, 2.24) is 34.4 Å². The summed E-state index contributed by atoms with van der Waals surface area (Å²) in [6, 6.07) is 8.36. The number of pyridine rings is 1. The number of carbonyl (C=O) groups is 6. The molecular weight excluding hydrogens is 817 g/mol. The van der Waals surface area contributed by atoms with Gasteiger partial charge in [-0.05, 0) is 79.6 Å². The first kappa shape index (κ1) is 40.3. The Kier molecular flexibility index (Phi) is 10.1. The SMILES string of the molecule is CC(=O)N1CCc2c(c(N3CCCc4cc(-c5cn(CC(=O)Nc6ccc7c(c6)C(=O)N(C6CCC(=O)NC6=O)C7=O)c6ccncc56)c(C(F)F)cc43)nn2C2CCOCC2)C1. The van der Waals surface area contributed by atoms with Crippen LogP contribution in [0.5, 0.6) is 0 Å². The smallest absolute Gasteiger partial charge is 0.264 e. The Hall–Kier alpha value is -6.82. The molecule has 0 saturated carbocycles. The number of alkyl halides is 2. The summed E-state index contributed by atoms with van der Waals surface area (Å²) in [5.41, 5.74) is 5.07. The lowest BCUT2D eigenvalue weighted by molar-refractivity contribution is -0.136. The molecule has 5 aromatic rings. The van der Waals surface area contributed by atoms with E-state index in [4.69, 9.17) is 9.84 Å². The third-order valence-electron chi connectivity index (χ3n) is 12.9. The molecule has 0 radical (unpaired) electrons. The van der Waals surface area contributed by atoms with Crippen molar-refractivity contribution in [2.75, 3.05) is 36.5 Å². The topological polar surface area (TPSA) is 181 Å². The molecule has 10 rings (SSSR count). The molecule has 1 unspecified atom stereocenters. The van der Waals surface area contributed by atoms with E-state index >= 15 is 8.78 Å². The number of piperidine rings is 1. The lowest BCUT2D eigenvalue weighted by Crippen LogP contribution is -2.54. The van der Waals surface area contributed by atoms with Crippen LogP contribution in [0.3, 0.4) is 0 Å². The number of ether oxygens (including phenoxy) is 1. The van der Waals surface area contributed by atoms with Gasteiger partial charge in [-0.3, -0.25) is 48.6 Å². The van der Waals surface area contributed by atoms with Gasteiger partial charge in [-0.2, -0.15) is 5.10 Å². The van der Waals surface area contributed by atoms with Crippen LogP contribution in [-0.4, -0.2) is 96.9 Å². The molecule has 324 valence electrons. The van der Waals surface area contributed by atoms with Crippen molar-refractivity contribution in [3.05, 3.63) is 88.5 Å². The number of aromatic nitrogens is 4. The second-order valence-electron chi connectivity index (χ2n) is 16.7. The van der Waals surface area contributed by atoms with Gasteiger partial charge < -0.3 is 24.4 Å². The number of imide groups is 2. The number of anilines is 3. The van der Waals surface area contributed by atoms with Crippen LogP contribution >= 0.6 is 0 Å². The molecule has 2 saturated heterocycles. The Bertz CT molecular complexity index is 2780. The highest BCUT2D eigenvalue weighted by Crippen LogP contribution is 2.45. The highest BCUT2D eigenvalue weighted by atomic mass is 19.3. The number of nitrogens with zero attached hydrogens (tertiary/aromatic N) is 7. The molecule has 0 bridgehead atoms. The van der Waals surface area contributed by atoms with E-state index in [2.05, 4.69) is 20.3 Å². The van der Waals surface area contributed by atoms with Gasteiger partial charge in [0, 0.05) is 104 Å². The van der Waals surface area contributed by atoms with Crippen LogP contribution in [0.1, 0.15) is 94.6 Å². The zero-order chi connectivity index (χ0) is 43.7. The van der Waals surface area contributed by atoms with Crippen molar-refractivity contribution in [3.8, 4) is 11.1 Å². The minimum absolute atomic E-state index is 0.0118. The van der Waals surface area contributed by atoms with Gasteiger partial charge in [-0.15, -0.1) is 0 Å². The fraction of sp³-hybridized carbons (Fsp3) is 0.378. The van der Waals surface area contributed by atoms with Crippen molar-refractivity contribution >= 4 is 63.5 Å². The molecule has 0 spiro atoms. The third-order valence-corrected chi connectivity index (χ3v) is 12.9. The molecule has 3 aromatic heterocycles. The highest BCUT2D eigenvalue weighted by molar-refractivity contribution is 6.24. The van der Waals surface area contributed by atoms with Crippen molar-refractivity contribution in [2.24, 2.45) is 0 Å². The molecule has 2 aromatic carbocycles. The second kappa shape index (κ2) is 15.8. The number of hydrogen-bond acceptors (Lipinski definition) is 10. The predicted molar refractivity (Wildman–Crippen MR) is 223 cm³/mol. The Morgan fingerprint density at radius 3 is 2.52 bits per heavy atom. The molecule has 5 aliphatic rings. The Balaban J connectivity index is 0.950. The van der Waals surface area contributed by atoms with E-state index in [9.17, 15) is 28.8 Å². The molecule has 18 heteroatoms. The molecule has 2 N–H and O–H groups in total. The van der Waals surface area contributed by atoms with Crippen molar-refractivity contribution in [1.29, 1.82) is 0 Å². The van der Waals surface area contributed by atoms with E-state index in [1.807, 2.05) is 11.0 Å². The predicted octanol–water partition coefficient (Wildman–Crippen LogP) is 5.22. The summed E-state index contributed by atoms with van der Waals surface area (Å²) in [5.74, 6) is -2.41. The fourth-order valence-electron chi connectivity index (χ4n) is 9.82. The van der Waals surface area contributed by atoms with Crippen molar-refractivity contribution in [2.45, 2.75) is 83.5 Å². The van der Waals surface area contributed by atoms with Crippen LogP contribution in [0.15, 0.2) is 55.0 Å². The number of fused-ring (bicyclic) bond motifs is 4. The first-order chi connectivity index (χ1) is 30.4. The summed E-state index contributed by atoms with van der Waals surface area (Å²) < 4.78 is 40.2. The zero-order valence-electron chi connectivity index (χ0n) is 34.4. The van der Waals surface area contributed by atoms with Crippen LogP contribution in [0.2, 0.25) is 0 Å². The Morgan fingerprint density at radius 1 is 0.937 bits per heavy atom. The molecule has 63 heavy (non-hydrogen) atoms. The number of hydrogen-bond donors (Lipinski definition) is 2.